The lowest BCUT2D eigenvalue weighted by Gasteiger charge is -2.36. The Morgan fingerprint density at radius 1 is 1.24 bits per heavy atom. The average molecular weight is 463 g/mol. The number of anilines is 1. The van der Waals surface area contributed by atoms with Crippen LogP contribution in [0.5, 0.6) is 11.5 Å². The van der Waals surface area contributed by atoms with E-state index in [0.717, 1.165) is 12.1 Å². The van der Waals surface area contributed by atoms with Crippen molar-refractivity contribution in [1.82, 2.24) is 0 Å². The van der Waals surface area contributed by atoms with Crippen LogP contribution in [0, 0.1) is 12.8 Å². The molecule has 0 saturated carbocycles. The fourth-order valence-corrected chi connectivity index (χ4v) is 3.72. The highest BCUT2D eigenvalue weighted by Crippen LogP contribution is 2.43. The van der Waals surface area contributed by atoms with Crippen molar-refractivity contribution in [2.45, 2.75) is 40.2 Å². The molecule has 33 heavy (non-hydrogen) atoms. The Morgan fingerprint density at radius 2 is 1.94 bits per heavy atom. The number of aliphatic carboxylic acids is 1. The highest BCUT2D eigenvalue weighted by molar-refractivity contribution is 6.01. The molecule has 1 N–H and O–H groups in total. The summed E-state index contributed by atoms with van der Waals surface area (Å²) in [6.07, 6.45) is -3.42. The maximum Gasteiger partial charge on any atom is 0.573 e. The second kappa shape index (κ2) is 9.17. The molecule has 0 saturated heterocycles. The molecule has 3 rings (SSSR count). The van der Waals surface area contributed by atoms with Crippen LogP contribution < -0.4 is 14.4 Å². The predicted molar refractivity (Wildman–Crippen MR) is 117 cm³/mol. The molecule has 0 bridgehead atoms. The topological polar surface area (TPSA) is 76.1 Å². The van der Waals surface area contributed by atoms with Gasteiger partial charge in [-0.05, 0) is 66.8 Å². The number of carbonyl (C=O) groups is 2. The maximum atomic E-state index is 13.1. The summed E-state index contributed by atoms with van der Waals surface area (Å²) in [5, 5.41) is 8.88. The third-order valence-corrected chi connectivity index (χ3v) is 5.22. The minimum Gasteiger partial charge on any atom is -0.478 e. The largest absolute Gasteiger partial charge is 0.573 e. The molecule has 176 valence electrons. The normalized spacial score (nSPS) is 16.2. The zero-order chi connectivity index (χ0) is 24.5. The van der Waals surface area contributed by atoms with Crippen molar-refractivity contribution < 1.29 is 37.3 Å². The van der Waals surface area contributed by atoms with Gasteiger partial charge in [-0.1, -0.05) is 19.9 Å². The second-order valence-electron chi connectivity index (χ2n) is 7.97. The average Bonchev–Trinajstić information content (AvgIpc) is 2.71. The minimum absolute atomic E-state index is 0.0656. The molecule has 0 spiro atoms. The van der Waals surface area contributed by atoms with Gasteiger partial charge in [0.2, 0.25) is 0 Å². The van der Waals surface area contributed by atoms with E-state index in [0.29, 0.717) is 34.7 Å². The van der Waals surface area contributed by atoms with E-state index in [1.54, 1.807) is 30.9 Å². The predicted octanol–water partition coefficient (Wildman–Crippen LogP) is 5.43. The van der Waals surface area contributed by atoms with E-state index in [2.05, 4.69) is 4.74 Å². The van der Waals surface area contributed by atoms with E-state index in [4.69, 9.17) is 9.84 Å². The number of likely N-dealkylation sites (N-methyl/N-ethyl adjacent to an activating group) is 1. The van der Waals surface area contributed by atoms with Crippen molar-refractivity contribution in [2.75, 3.05) is 11.4 Å². The molecule has 1 aliphatic rings. The van der Waals surface area contributed by atoms with Gasteiger partial charge in [-0.25, -0.2) is 4.79 Å². The van der Waals surface area contributed by atoms with Gasteiger partial charge in [-0.3, -0.25) is 4.79 Å². The van der Waals surface area contributed by atoms with Crippen molar-refractivity contribution in [1.29, 1.82) is 0 Å². The first-order valence-electron chi connectivity index (χ1n) is 10.3. The summed E-state index contributed by atoms with van der Waals surface area (Å²) < 4.78 is 49.4. The van der Waals surface area contributed by atoms with E-state index in [1.165, 1.54) is 18.2 Å². The van der Waals surface area contributed by atoms with Crippen LogP contribution in [0.2, 0.25) is 0 Å². The Kier molecular flexibility index (Phi) is 6.71. The Hall–Kier alpha value is -3.49. The van der Waals surface area contributed by atoms with Crippen molar-refractivity contribution in [3.63, 3.8) is 0 Å². The SMILES string of the molecule is CCN1C(=O)C(C(C)C)Oc2cc(C)c(-c3cc(C=CC(=O)O)ccc3OC(F)(F)F)cc21. The van der Waals surface area contributed by atoms with E-state index < -0.39 is 24.2 Å². The lowest BCUT2D eigenvalue weighted by atomic mass is 9.95. The number of nitrogens with zero attached hydrogens (tertiary/aromatic N) is 1. The van der Waals surface area contributed by atoms with Crippen LogP contribution in [0.3, 0.4) is 0 Å². The van der Waals surface area contributed by atoms with Crippen LogP contribution in [0.25, 0.3) is 17.2 Å². The van der Waals surface area contributed by atoms with Gasteiger partial charge in [0.15, 0.2) is 6.10 Å². The molecule has 0 fully saturated rings. The first kappa shape index (κ1) is 24.2. The van der Waals surface area contributed by atoms with Gasteiger partial charge in [-0.2, -0.15) is 0 Å². The monoisotopic (exact) mass is 463 g/mol. The number of carboxylic acid groups (broad SMARTS) is 1. The zero-order valence-corrected chi connectivity index (χ0v) is 18.6. The summed E-state index contributed by atoms with van der Waals surface area (Å²) in [5.41, 5.74) is 1.93. The van der Waals surface area contributed by atoms with Gasteiger partial charge >= 0.3 is 12.3 Å². The molecule has 6 nitrogen and oxygen atoms in total. The Balaban J connectivity index is 2.19. The van der Waals surface area contributed by atoms with Crippen LogP contribution >= 0.6 is 0 Å². The summed E-state index contributed by atoms with van der Waals surface area (Å²) in [5.74, 6) is -1.45. The molecule has 1 atom stereocenters. The zero-order valence-electron chi connectivity index (χ0n) is 18.6. The molecule has 1 amide bonds. The van der Waals surface area contributed by atoms with E-state index >= 15 is 0 Å². The van der Waals surface area contributed by atoms with Crippen LogP contribution in [0.4, 0.5) is 18.9 Å². The van der Waals surface area contributed by atoms with Gasteiger partial charge in [0.05, 0.1) is 5.69 Å². The number of ether oxygens (including phenoxy) is 2. The number of carboxylic acids is 1. The third-order valence-electron chi connectivity index (χ3n) is 5.22. The summed E-state index contributed by atoms with van der Waals surface area (Å²) in [6.45, 7) is 7.62. The van der Waals surface area contributed by atoms with Crippen LogP contribution in [-0.2, 0) is 9.59 Å². The summed E-state index contributed by atoms with van der Waals surface area (Å²) in [6, 6.07) is 7.17. The van der Waals surface area contributed by atoms with Gasteiger partial charge in [0.1, 0.15) is 11.5 Å². The standard InChI is InChI=1S/C24H24F3NO5/c1-5-28-18-12-16(14(4)10-20(18)32-22(13(2)3)23(28)31)17-11-15(7-9-21(29)30)6-8-19(17)33-24(25,26)27/h6-13,22H,5H2,1-4H3,(H,29,30). The van der Waals surface area contributed by atoms with Crippen molar-refractivity contribution in [2.24, 2.45) is 5.92 Å². The number of amides is 1. The van der Waals surface area contributed by atoms with Crippen molar-refractivity contribution in [3.05, 3.63) is 47.5 Å². The van der Waals surface area contributed by atoms with E-state index in [-0.39, 0.29) is 17.4 Å². The van der Waals surface area contributed by atoms with Crippen molar-refractivity contribution >= 4 is 23.6 Å². The van der Waals surface area contributed by atoms with E-state index in [1.807, 2.05) is 13.8 Å². The summed E-state index contributed by atoms with van der Waals surface area (Å²) >= 11 is 0. The molecule has 0 aromatic heterocycles. The fraction of sp³-hybridized carbons (Fsp3) is 0.333. The summed E-state index contributed by atoms with van der Waals surface area (Å²) in [4.78, 5) is 25.3. The highest BCUT2D eigenvalue weighted by atomic mass is 19.4. The number of fused-ring (bicyclic) bond motifs is 1. The van der Waals surface area contributed by atoms with Crippen LogP contribution in [0.1, 0.15) is 31.9 Å². The molecule has 1 heterocycles. The van der Waals surface area contributed by atoms with Gasteiger partial charge < -0.3 is 19.5 Å². The van der Waals surface area contributed by atoms with Crippen LogP contribution in [-0.4, -0.2) is 36.0 Å². The lowest BCUT2D eigenvalue weighted by molar-refractivity contribution is -0.274. The highest BCUT2D eigenvalue weighted by Gasteiger charge is 2.37. The van der Waals surface area contributed by atoms with Crippen LogP contribution in [0.15, 0.2) is 36.4 Å². The van der Waals surface area contributed by atoms with Gasteiger partial charge in [0, 0.05) is 18.2 Å². The maximum absolute atomic E-state index is 13.1. The molecule has 1 aliphatic heterocycles. The quantitative estimate of drug-likeness (QED) is 0.579. The molecule has 0 aliphatic carbocycles. The van der Waals surface area contributed by atoms with Gasteiger partial charge in [-0.15, -0.1) is 13.2 Å². The Bertz CT molecular complexity index is 1110. The molecule has 9 heteroatoms. The van der Waals surface area contributed by atoms with Crippen molar-refractivity contribution in [3.8, 4) is 22.6 Å². The number of rotatable bonds is 6. The number of hydrogen-bond donors (Lipinski definition) is 1. The second-order valence-corrected chi connectivity index (χ2v) is 7.97. The molecule has 2 aromatic rings. The fourth-order valence-electron chi connectivity index (χ4n) is 3.72. The molecular formula is C24H24F3NO5. The lowest BCUT2D eigenvalue weighted by Crippen LogP contribution is -2.48. The number of carbonyl (C=O) groups excluding carboxylic acids is 1. The summed E-state index contributed by atoms with van der Waals surface area (Å²) in [7, 11) is 0. The van der Waals surface area contributed by atoms with E-state index in [9.17, 15) is 22.8 Å². The third kappa shape index (κ3) is 5.30. The molecular weight excluding hydrogens is 439 g/mol. The number of hydrogen-bond acceptors (Lipinski definition) is 4. The molecule has 2 aromatic carbocycles. The Morgan fingerprint density at radius 3 is 2.52 bits per heavy atom. The minimum atomic E-state index is -4.92. The molecule has 0 radical (unpaired) electrons. The number of halogens is 3. The Labute approximate surface area is 189 Å². The number of benzene rings is 2. The number of alkyl halides is 3. The first-order chi connectivity index (χ1) is 15.4. The molecule has 1 unspecified atom stereocenters. The first-order valence-corrected chi connectivity index (χ1v) is 10.3. The number of aryl methyl sites for hydroxylation is 1. The van der Waals surface area contributed by atoms with Gasteiger partial charge in [0.25, 0.3) is 5.91 Å². The smallest absolute Gasteiger partial charge is 0.478 e.